The Morgan fingerprint density at radius 1 is 1.10 bits per heavy atom. The van der Waals surface area contributed by atoms with Crippen LogP contribution in [0.25, 0.3) is 22.2 Å². The molecule has 0 unspecified atom stereocenters. The second-order valence-corrected chi connectivity index (χ2v) is 8.12. The summed E-state index contributed by atoms with van der Waals surface area (Å²) in [5, 5.41) is 4.61. The monoisotopic (exact) mass is 407 g/mol. The Bertz CT molecular complexity index is 1030. The third kappa shape index (κ3) is 4.60. The number of rotatable bonds is 5. The molecule has 1 fully saturated rings. The van der Waals surface area contributed by atoms with Gasteiger partial charge in [0.2, 0.25) is 0 Å². The number of pyridine rings is 1. The number of fused-ring (bicyclic) bond motifs is 1. The minimum Gasteiger partial charge on any atom is -0.351 e. The zero-order valence-electron chi connectivity index (χ0n) is 16.7. The molecule has 3 aromatic rings. The van der Waals surface area contributed by atoms with E-state index in [0.717, 1.165) is 41.7 Å². The molecular weight excluding hydrogens is 382 g/mol. The van der Waals surface area contributed by atoms with Crippen LogP contribution in [0.15, 0.2) is 48.5 Å². The molecule has 29 heavy (non-hydrogen) atoms. The predicted octanol–water partition coefficient (Wildman–Crippen LogP) is 5.08. The second-order valence-electron chi connectivity index (χ2n) is 7.71. The minimum atomic E-state index is -0.0617. The summed E-state index contributed by atoms with van der Waals surface area (Å²) in [5.41, 5.74) is 4.10. The van der Waals surface area contributed by atoms with Gasteiger partial charge in [-0.25, -0.2) is 4.98 Å². The number of aryl methyl sites for hydroxylation is 1. The van der Waals surface area contributed by atoms with Crippen LogP contribution in [-0.2, 0) is 0 Å². The maximum Gasteiger partial charge on any atom is 0.252 e. The highest BCUT2D eigenvalue weighted by Crippen LogP contribution is 2.30. The van der Waals surface area contributed by atoms with Crippen LogP contribution in [0.3, 0.4) is 0 Å². The predicted molar refractivity (Wildman–Crippen MR) is 120 cm³/mol. The summed E-state index contributed by atoms with van der Waals surface area (Å²) in [7, 11) is 0. The van der Waals surface area contributed by atoms with E-state index in [9.17, 15) is 4.79 Å². The number of hydrogen-bond donors (Lipinski definition) is 1. The van der Waals surface area contributed by atoms with Gasteiger partial charge in [0.25, 0.3) is 5.91 Å². The lowest BCUT2D eigenvalue weighted by Crippen LogP contribution is -2.37. The van der Waals surface area contributed by atoms with Crippen molar-refractivity contribution in [2.24, 2.45) is 0 Å². The van der Waals surface area contributed by atoms with Gasteiger partial charge in [-0.05, 0) is 57.1 Å². The van der Waals surface area contributed by atoms with Crippen LogP contribution in [0, 0.1) is 6.92 Å². The molecule has 0 aliphatic carbocycles. The molecule has 150 valence electrons. The molecule has 5 heteroatoms. The lowest BCUT2D eigenvalue weighted by Gasteiger charge is -2.26. The summed E-state index contributed by atoms with van der Waals surface area (Å²) in [5.74, 6) is -0.0617. The van der Waals surface area contributed by atoms with Crippen molar-refractivity contribution in [3.63, 3.8) is 0 Å². The largest absolute Gasteiger partial charge is 0.351 e. The summed E-state index contributed by atoms with van der Waals surface area (Å²) in [6.07, 6.45) is 3.82. The van der Waals surface area contributed by atoms with Crippen molar-refractivity contribution >= 4 is 28.4 Å². The van der Waals surface area contributed by atoms with Gasteiger partial charge in [0.1, 0.15) is 0 Å². The van der Waals surface area contributed by atoms with E-state index in [1.165, 1.54) is 19.3 Å². The summed E-state index contributed by atoms with van der Waals surface area (Å²) >= 11 is 6.39. The van der Waals surface area contributed by atoms with Gasteiger partial charge in [-0.3, -0.25) is 4.79 Å². The molecule has 0 bridgehead atoms. The number of piperidine rings is 1. The first-order valence-corrected chi connectivity index (χ1v) is 10.7. The molecule has 0 atom stereocenters. The van der Waals surface area contributed by atoms with Crippen molar-refractivity contribution in [2.75, 3.05) is 26.2 Å². The number of likely N-dealkylation sites (tertiary alicyclic amines) is 1. The molecule has 1 amide bonds. The fourth-order valence-electron chi connectivity index (χ4n) is 3.94. The Morgan fingerprint density at radius 3 is 2.69 bits per heavy atom. The lowest BCUT2D eigenvalue weighted by atomic mass is 10.0. The van der Waals surface area contributed by atoms with E-state index in [1.54, 1.807) is 0 Å². The molecule has 0 radical (unpaired) electrons. The number of halogens is 1. The highest BCUT2D eigenvalue weighted by atomic mass is 35.5. The van der Waals surface area contributed by atoms with Crippen LogP contribution < -0.4 is 5.32 Å². The van der Waals surface area contributed by atoms with Gasteiger partial charge in [-0.15, -0.1) is 0 Å². The first kappa shape index (κ1) is 19.9. The van der Waals surface area contributed by atoms with Crippen LogP contribution in [-0.4, -0.2) is 42.0 Å². The zero-order chi connectivity index (χ0) is 20.2. The fraction of sp³-hybridized carbons (Fsp3) is 0.333. The molecule has 2 heterocycles. The average Bonchev–Trinajstić information content (AvgIpc) is 2.74. The van der Waals surface area contributed by atoms with Crippen molar-refractivity contribution in [3.8, 4) is 11.3 Å². The van der Waals surface area contributed by atoms with Crippen molar-refractivity contribution in [1.82, 2.24) is 15.2 Å². The Morgan fingerprint density at radius 2 is 1.90 bits per heavy atom. The summed E-state index contributed by atoms with van der Waals surface area (Å²) in [4.78, 5) is 20.3. The Kier molecular flexibility index (Phi) is 6.12. The first-order chi connectivity index (χ1) is 14.1. The van der Waals surface area contributed by atoms with Gasteiger partial charge in [0.05, 0.1) is 16.8 Å². The third-order valence-electron chi connectivity index (χ3n) is 5.52. The van der Waals surface area contributed by atoms with Crippen LogP contribution in [0.2, 0.25) is 5.02 Å². The first-order valence-electron chi connectivity index (χ1n) is 10.3. The van der Waals surface area contributed by atoms with Gasteiger partial charge in [0.15, 0.2) is 0 Å². The topological polar surface area (TPSA) is 45.2 Å². The zero-order valence-corrected chi connectivity index (χ0v) is 17.5. The molecule has 0 saturated carbocycles. The Balaban J connectivity index is 1.63. The van der Waals surface area contributed by atoms with Crippen LogP contribution in [0.4, 0.5) is 0 Å². The van der Waals surface area contributed by atoms with E-state index in [0.29, 0.717) is 22.8 Å². The number of benzene rings is 2. The van der Waals surface area contributed by atoms with Gasteiger partial charge in [-0.1, -0.05) is 47.9 Å². The number of carbonyl (C=O) groups excluding carboxylic acids is 1. The van der Waals surface area contributed by atoms with Crippen molar-refractivity contribution < 1.29 is 4.79 Å². The van der Waals surface area contributed by atoms with E-state index in [-0.39, 0.29) is 5.91 Å². The quantitative estimate of drug-likeness (QED) is 0.641. The number of aromatic nitrogens is 1. The maximum atomic E-state index is 13.1. The Hall–Kier alpha value is -2.43. The number of carbonyl (C=O) groups is 1. The molecule has 1 N–H and O–H groups in total. The molecule has 0 spiro atoms. The molecule has 4 nitrogen and oxygen atoms in total. The van der Waals surface area contributed by atoms with Crippen molar-refractivity contribution in [2.45, 2.75) is 26.2 Å². The summed E-state index contributed by atoms with van der Waals surface area (Å²) in [6, 6.07) is 15.5. The maximum absolute atomic E-state index is 13.1. The van der Waals surface area contributed by atoms with Gasteiger partial charge in [0, 0.05) is 29.1 Å². The summed E-state index contributed by atoms with van der Waals surface area (Å²) in [6.45, 7) is 5.83. The summed E-state index contributed by atoms with van der Waals surface area (Å²) < 4.78 is 0. The molecule has 4 rings (SSSR count). The fourth-order valence-corrected chi connectivity index (χ4v) is 4.17. The van der Waals surface area contributed by atoms with E-state index in [1.807, 2.05) is 55.5 Å². The normalized spacial score (nSPS) is 14.8. The van der Waals surface area contributed by atoms with E-state index in [2.05, 4.69) is 10.2 Å². The highest BCUT2D eigenvalue weighted by Gasteiger charge is 2.16. The van der Waals surface area contributed by atoms with Crippen molar-refractivity contribution in [3.05, 3.63) is 64.7 Å². The molecule has 1 aromatic heterocycles. The molecule has 1 saturated heterocycles. The Labute approximate surface area is 176 Å². The molecule has 1 aliphatic rings. The molecular formula is C24H26ClN3O. The van der Waals surface area contributed by atoms with E-state index in [4.69, 9.17) is 16.6 Å². The van der Waals surface area contributed by atoms with Gasteiger partial charge < -0.3 is 10.2 Å². The number of nitrogens with zero attached hydrogens (tertiary/aromatic N) is 2. The standard InChI is InChI=1S/C24H26ClN3O/c1-17-9-10-22-19(15-17)20(16-23(27-22)18-7-3-4-8-21(18)25)24(29)26-11-14-28-12-5-2-6-13-28/h3-4,7-10,15-16H,2,5-6,11-14H2,1H3,(H,26,29). The molecule has 2 aromatic carbocycles. The second kappa shape index (κ2) is 8.93. The van der Waals surface area contributed by atoms with Gasteiger partial charge >= 0.3 is 0 Å². The van der Waals surface area contributed by atoms with Gasteiger partial charge in [-0.2, -0.15) is 0 Å². The number of amides is 1. The minimum absolute atomic E-state index is 0.0617. The van der Waals surface area contributed by atoms with E-state index < -0.39 is 0 Å². The third-order valence-corrected chi connectivity index (χ3v) is 5.85. The number of hydrogen-bond acceptors (Lipinski definition) is 3. The molecule has 1 aliphatic heterocycles. The van der Waals surface area contributed by atoms with Crippen LogP contribution in [0.5, 0.6) is 0 Å². The van der Waals surface area contributed by atoms with Crippen molar-refractivity contribution in [1.29, 1.82) is 0 Å². The SMILES string of the molecule is Cc1ccc2nc(-c3ccccc3Cl)cc(C(=O)NCCN3CCCCC3)c2c1. The smallest absolute Gasteiger partial charge is 0.252 e. The van der Waals surface area contributed by atoms with Crippen LogP contribution in [0.1, 0.15) is 35.2 Å². The highest BCUT2D eigenvalue weighted by molar-refractivity contribution is 6.33. The van der Waals surface area contributed by atoms with E-state index >= 15 is 0 Å². The lowest BCUT2D eigenvalue weighted by molar-refractivity contribution is 0.0948. The number of nitrogens with one attached hydrogen (secondary N) is 1. The average molecular weight is 408 g/mol. The van der Waals surface area contributed by atoms with Crippen LogP contribution >= 0.6 is 11.6 Å².